The van der Waals surface area contributed by atoms with Crippen molar-refractivity contribution in [2.75, 3.05) is 13.1 Å². The highest BCUT2D eigenvalue weighted by atomic mass is 19.1. The minimum absolute atomic E-state index is 0.0559. The fourth-order valence-corrected chi connectivity index (χ4v) is 2.48. The van der Waals surface area contributed by atoms with Crippen LogP contribution < -0.4 is 4.74 Å². The maximum Gasteiger partial charge on any atom is 0.253 e. The smallest absolute Gasteiger partial charge is 0.253 e. The van der Waals surface area contributed by atoms with Crippen LogP contribution in [-0.4, -0.2) is 35.0 Å². The number of nitrogens with zero attached hydrogens (tertiary/aromatic N) is 2. The number of halogens is 1. The van der Waals surface area contributed by atoms with Gasteiger partial charge in [0.25, 0.3) is 5.91 Å². The third-order valence-electron chi connectivity index (χ3n) is 3.70. The lowest BCUT2D eigenvalue weighted by Gasteiger charge is -2.17. The first-order valence-corrected chi connectivity index (χ1v) is 7.26. The van der Waals surface area contributed by atoms with E-state index in [1.165, 1.54) is 24.3 Å². The van der Waals surface area contributed by atoms with Gasteiger partial charge in [0.2, 0.25) is 5.88 Å². The van der Waals surface area contributed by atoms with Crippen LogP contribution >= 0.6 is 0 Å². The Morgan fingerprint density at radius 1 is 1.27 bits per heavy atom. The van der Waals surface area contributed by atoms with Crippen LogP contribution in [0.3, 0.4) is 0 Å². The maximum atomic E-state index is 12.9. The summed E-state index contributed by atoms with van der Waals surface area (Å²) in [7, 11) is 0. The lowest BCUT2D eigenvalue weighted by atomic mass is 10.2. The SMILES string of the molecule is Cc1ccc(OC2CCN(C(=O)c3ccc(F)cc3)C2)nc1. The van der Waals surface area contributed by atoms with E-state index in [1.54, 1.807) is 11.1 Å². The average Bonchev–Trinajstić information content (AvgIpc) is 2.98. The molecule has 5 heteroatoms. The van der Waals surface area contributed by atoms with Gasteiger partial charge in [-0.3, -0.25) is 4.79 Å². The van der Waals surface area contributed by atoms with Gasteiger partial charge in [-0.1, -0.05) is 6.07 Å². The molecule has 22 heavy (non-hydrogen) atoms. The first-order valence-electron chi connectivity index (χ1n) is 7.26. The van der Waals surface area contributed by atoms with E-state index in [9.17, 15) is 9.18 Å². The molecule has 1 amide bonds. The highest BCUT2D eigenvalue weighted by molar-refractivity contribution is 5.94. The Bertz CT molecular complexity index is 655. The molecule has 4 nitrogen and oxygen atoms in total. The minimum Gasteiger partial charge on any atom is -0.472 e. The maximum absolute atomic E-state index is 12.9. The van der Waals surface area contributed by atoms with Crippen LogP contribution in [0.4, 0.5) is 4.39 Å². The molecule has 1 atom stereocenters. The number of carbonyl (C=O) groups excluding carboxylic acids is 1. The summed E-state index contributed by atoms with van der Waals surface area (Å²) in [5.41, 5.74) is 1.57. The summed E-state index contributed by atoms with van der Waals surface area (Å²) in [5, 5.41) is 0. The monoisotopic (exact) mass is 300 g/mol. The van der Waals surface area contributed by atoms with Crippen molar-refractivity contribution in [1.82, 2.24) is 9.88 Å². The van der Waals surface area contributed by atoms with E-state index in [0.29, 0.717) is 24.5 Å². The van der Waals surface area contributed by atoms with Crippen molar-refractivity contribution in [3.63, 3.8) is 0 Å². The molecule has 2 aromatic rings. The zero-order valence-corrected chi connectivity index (χ0v) is 12.3. The molecule has 1 saturated heterocycles. The number of rotatable bonds is 3. The molecule has 1 aromatic heterocycles. The zero-order chi connectivity index (χ0) is 15.5. The number of carbonyl (C=O) groups is 1. The molecule has 0 aliphatic carbocycles. The Morgan fingerprint density at radius 3 is 2.73 bits per heavy atom. The third kappa shape index (κ3) is 3.24. The highest BCUT2D eigenvalue weighted by Gasteiger charge is 2.28. The van der Waals surface area contributed by atoms with Crippen LogP contribution in [0.2, 0.25) is 0 Å². The topological polar surface area (TPSA) is 42.4 Å². The summed E-state index contributed by atoms with van der Waals surface area (Å²) >= 11 is 0. The predicted octanol–water partition coefficient (Wildman–Crippen LogP) is 2.82. The quantitative estimate of drug-likeness (QED) is 0.875. The number of likely N-dealkylation sites (tertiary alicyclic amines) is 1. The van der Waals surface area contributed by atoms with Crippen LogP contribution in [-0.2, 0) is 0 Å². The second-order valence-corrected chi connectivity index (χ2v) is 5.46. The number of ether oxygens (including phenoxy) is 1. The Kier molecular flexibility index (Phi) is 4.04. The summed E-state index contributed by atoms with van der Waals surface area (Å²) in [5.74, 6) is 0.138. The number of aryl methyl sites for hydroxylation is 1. The number of pyridine rings is 1. The van der Waals surface area contributed by atoms with E-state index in [4.69, 9.17) is 4.74 Å². The summed E-state index contributed by atoms with van der Waals surface area (Å²) < 4.78 is 18.7. The molecule has 0 spiro atoms. The van der Waals surface area contributed by atoms with E-state index < -0.39 is 0 Å². The van der Waals surface area contributed by atoms with Crippen molar-refractivity contribution in [2.24, 2.45) is 0 Å². The average molecular weight is 300 g/mol. The van der Waals surface area contributed by atoms with Gasteiger partial charge in [-0.05, 0) is 36.8 Å². The van der Waals surface area contributed by atoms with Crippen molar-refractivity contribution in [1.29, 1.82) is 0 Å². The van der Waals surface area contributed by atoms with Gasteiger partial charge in [0, 0.05) is 30.8 Å². The van der Waals surface area contributed by atoms with Crippen LogP contribution in [0.25, 0.3) is 0 Å². The van der Waals surface area contributed by atoms with Gasteiger partial charge in [0.05, 0.1) is 6.54 Å². The summed E-state index contributed by atoms with van der Waals surface area (Å²) in [6.07, 6.45) is 2.47. The fourth-order valence-electron chi connectivity index (χ4n) is 2.48. The van der Waals surface area contributed by atoms with E-state index in [-0.39, 0.29) is 17.8 Å². The second kappa shape index (κ2) is 6.13. The highest BCUT2D eigenvalue weighted by Crippen LogP contribution is 2.19. The molecule has 1 unspecified atom stereocenters. The lowest BCUT2D eigenvalue weighted by Crippen LogP contribution is -2.31. The fraction of sp³-hybridized carbons (Fsp3) is 0.294. The van der Waals surface area contributed by atoms with Gasteiger partial charge in [0.15, 0.2) is 0 Å². The number of benzene rings is 1. The van der Waals surface area contributed by atoms with E-state index in [1.807, 2.05) is 19.1 Å². The molecule has 1 aliphatic heterocycles. The van der Waals surface area contributed by atoms with Gasteiger partial charge >= 0.3 is 0 Å². The standard InChI is InChI=1S/C17H17FN2O2/c1-12-2-7-16(19-10-12)22-15-8-9-20(11-15)17(21)13-3-5-14(18)6-4-13/h2-7,10,15H,8-9,11H2,1H3. The minimum atomic E-state index is -0.343. The molecule has 1 fully saturated rings. The molecule has 1 aromatic carbocycles. The Labute approximate surface area is 128 Å². The molecule has 0 N–H and O–H groups in total. The molecule has 2 heterocycles. The molecule has 114 valence electrons. The van der Waals surface area contributed by atoms with Crippen molar-refractivity contribution >= 4 is 5.91 Å². The summed E-state index contributed by atoms with van der Waals surface area (Å²) in [4.78, 5) is 18.3. The van der Waals surface area contributed by atoms with Crippen LogP contribution in [0.5, 0.6) is 5.88 Å². The molecular formula is C17H17FN2O2. The molecule has 3 rings (SSSR count). The van der Waals surface area contributed by atoms with Crippen molar-refractivity contribution in [3.05, 3.63) is 59.5 Å². The first-order chi connectivity index (χ1) is 10.6. The summed E-state index contributed by atoms with van der Waals surface area (Å²) in [6.45, 7) is 3.12. The van der Waals surface area contributed by atoms with Gasteiger partial charge in [-0.2, -0.15) is 0 Å². The van der Waals surface area contributed by atoms with E-state index >= 15 is 0 Å². The third-order valence-corrected chi connectivity index (χ3v) is 3.70. The number of hydrogen-bond acceptors (Lipinski definition) is 3. The Balaban J connectivity index is 1.61. The second-order valence-electron chi connectivity index (χ2n) is 5.46. The normalized spacial score (nSPS) is 17.5. The number of amides is 1. The van der Waals surface area contributed by atoms with Gasteiger partial charge < -0.3 is 9.64 Å². The van der Waals surface area contributed by atoms with Gasteiger partial charge in [-0.15, -0.1) is 0 Å². The molecule has 0 saturated carbocycles. The molecule has 0 radical (unpaired) electrons. The number of hydrogen-bond donors (Lipinski definition) is 0. The van der Waals surface area contributed by atoms with E-state index in [0.717, 1.165) is 12.0 Å². The molecular weight excluding hydrogens is 283 g/mol. The zero-order valence-electron chi connectivity index (χ0n) is 12.3. The summed E-state index contributed by atoms with van der Waals surface area (Å²) in [6, 6.07) is 9.39. The van der Waals surface area contributed by atoms with Crippen molar-refractivity contribution < 1.29 is 13.9 Å². The Morgan fingerprint density at radius 2 is 2.05 bits per heavy atom. The molecule has 1 aliphatic rings. The largest absolute Gasteiger partial charge is 0.472 e. The lowest BCUT2D eigenvalue weighted by molar-refractivity contribution is 0.0771. The van der Waals surface area contributed by atoms with Crippen LogP contribution in [0, 0.1) is 12.7 Å². The molecule has 0 bridgehead atoms. The van der Waals surface area contributed by atoms with Crippen molar-refractivity contribution in [2.45, 2.75) is 19.4 Å². The first kappa shape index (κ1) is 14.5. The van der Waals surface area contributed by atoms with Crippen molar-refractivity contribution in [3.8, 4) is 5.88 Å². The van der Waals surface area contributed by atoms with Gasteiger partial charge in [-0.25, -0.2) is 9.37 Å². The van der Waals surface area contributed by atoms with Crippen LogP contribution in [0.1, 0.15) is 22.3 Å². The Hall–Kier alpha value is -2.43. The predicted molar refractivity (Wildman–Crippen MR) is 80.3 cm³/mol. The number of aromatic nitrogens is 1. The van der Waals surface area contributed by atoms with Gasteiger partial charge in [0.1, 0.15) is 11.9 Å². The van der Waals surface area contributed by atoms with E-state index in [2.05, 4.69) is 4.98 Å². The van der Waals surface area contributed by atoms with Crippen LogP contribution in [0.15, 0.2) is 42.6 Å².